The molecule has 1 aromatic carbocycles. The average Bonchev–Trinajstić information content (AvgIpc) is 2.66. The summed E-state index contributed by atoms with van der Waals surface area (Å²) in [5.74, 6) is 0.885. The molecule has 0 atom stereocenters. The fourth-order valence-corrected chi connectivity index (χ4v) is 1.42. The van der Waals surface area contributed by atoms with Crippen molar-refractivity contribution in [3.05, 3.63) is 53.7 Å². The van der Waals surface area contributed by atoms with Gasteiger partial charge in [-0.3, -0.25) is 0 Å². The fraction of sp³-hybridized carbons (Fsp3) is 0.250. The monoisotopic (exact) mass is 202 g/mol. The minimum atomic E-state index is 0.747. The topological polar surface area (TPSA) is 38.1 Å². The molecule has 0 radical (unpaired) electrons. The van der Waals surface area contributed by atoms with Gasteiger partial charge in [0, 0.05) is 13.1 Å². The maximum Gasteiger partial charge on any atom is 0.181 e. The third kappa shape index (κ3) is 2.67. The van der Waals surface area contributed by atoms with Crippen LogP contribution in [0.25, 0.3) is 0 Å². The summed E-state index contributed by atoms with van der Waals surface area (Å²) in [5, 5.41) is 3.32. The van der Waals surface area contributed by atoms with E-state index < -0.39 is 0 Å². The van der Waals surface area contributed by atoms with Crippen LogP contribution in [0, 0.1) is 6.92 Å². The van der Waals surface area contributed by atoms with Crippen LogP contribution in [0.3, 0.4) is 0 Å². The van der Waals surface area contributed by atoms with Gasteiger partial charge in [-0.25, -0.2) is 4.98 Å². The van der Waals surface area contributed by atoms with Crippen molar-refractivity contribution in [2.75, 3.05) is 0 Å². The maximum atomic E-state index is 5.12. The third-order valence-corrected chi connectivity index (χ3v) is 2.31. The quantitative estimate of drug-likeness (QED) is 0.826. The van der Waals surface area contributed by atoms with Crippen molar-refractivity contribution in [1.82, 2.24) is 10.3 Å². The summed E-state index contributed by atoms with van der Waals surface area (Å²) >= 11 is 0. The number of rotatable bonds is 4. The van der Waals surface area contributed by atoms with E-state index in [9.17, 15) is 0 Å². The summed E-state index contributed by atoms with van der Waals surface area (Å²) in [5.41, 5.74) is 2.25. The molecule has 15 heavy (non-hydrogen) atoms. The lowest BCUT2D eigenvalue weighted by atomic mass is 10.2. The SMILES string of the molecule is Cc1ocnc1CNCc1ccccc1. The molecule has 0 amide bonds. The number of aromatic nitrogens is 1. The van der Waals surface area contributed by atoms with Crippen molar-refractivity contribution in [3.63, 3.8) is 0 Å². The van der Waals surface area contributed by atoms with Crippen molar-refractivity contribution in [2.45, 2.75) is 20.0 Å². The van der Waals surface area contributed by atoms with Gasteiger partial charge in [-0.15, -0.1) is 0 Å². The summed E-state index contributed by atoms with van der Waals surface area (Å²) < 4.78 is 5.12. The van der Waals surface area contributed by atoms with Crippen LogP contribution in [0.2, 0.25) is 0 Å². The van der Waals surface area contributed by atoms with Gasteiger partial charge in [0.2, 0.25) is 0 Å². The molecule has 0 bridgehead atoms. The Balaban J connectivity index is 1.83. The van der Waals surface area contributed by atoms with Crippen molar-refractivity contribution in [2.24, 2.45) is 0 Å². The number of aryl methyl sites for hydroxylation is 1. The van der Waals surface area contributed by atoms with E-state index in [2.05, 4.69) is 22.4 Å². The molecular formula is C12H14N2O. The molecule has 78 valence electrons. The third-order valence-electron chi connectivity index (χ3n) is 2.31. The van der Waals surface area contributed by atoms with Gasteiger partial charge in [-0.05, 0) is 12.5 Å². The molecule has 0 saturated heterocycles. The molecule has 1 N–H and O–H groups in total. The van der Waals surface area contributed by atoms with E-state index in [0.717, 1.165) is 24.5 Å². The zero-order valence-corrected chi connectivity index (χ0v) is 8.73. The van der Waals surface area contributed by atoms with Gasteiger partial charge in [0.15, 0.2) is 6.39 Å². The standard InChI is InChI=1S/C12H14N2O/c1-10-12(14-9-15-10)8-13-7-11-5-3-2-4-6-11/h2-6,9,13H,7-8H2,1H3. The molecule has 0 fully saturated rings. The molecule has 0 unspecified atom stereocenters. The first-order valence-electron chi connectivity index (χ1n) is 5.00. The van der Waals surface area contributed by atoms with Crippen LogP contribution in [0.15, 0.2) is 41.1 Å². The first-order valence-corrected chi connectivity index (χ1v) is 5.00. The molecule has 0 aliphatic rings. The van der Waals surface area contributed by atoms with E-state index in [1.165, 1.54) is 12.0 Å². The van der Waals surface area contributed by atoms with Gasteiger partial charge < -0.3 is 9.73 Å². The van der Waals surface area contributed by atoms with Crippen molar-refractivity contribution >= 4 is 0 Å². The van der Waals surface area contributed by atoms with Crippen LogP contribution in [-0.4, -0.2) is 4.98 Å². The van der Waals surface area contributed by atoms with Gasteiger partial charge in [-0.2, -0.15) is 0 Å². The van der Waals surface area contributed by atoms with Crippen LogP contribution in [0.4, 0.5) is 0 Å². The number of nitrogens with one attached hydrogen (secondary N) is 1. The average molecular weight is 202 g/mol. The zero-order chi connectivity index (χ0) is 10.5. The van der Waals surface area contributed by atoms with Crippen LogP contribution >= 0.6 is 0 Å². The Labute approximate surface area is 89.1 Å². The van der Waals surface area contributed by atoms with E-state index in [-0.39, 0.29) is 0 Å². The van der Waals surface area contributed by atoms with E-state index in [1.54, 1.807) is 0 Å². The zero-order valence-electron chi connectivity index (χ0n) is 8.73. The molecule has 0 aliphatic carbocycles. The summed E-state index contributed by atoms with van der Waals surface area (Å²) in [7, 11) is 0. The predicted octanol–water partition coefficient (Wildman–Crippen LogP) is 2.27. The highest BCUT2D eigenvalue weighted by atomic mass is 16.3. The lowest BCUT2D eigenvalue weighted by Crippen LogP contribution is -2.13. The van der Waals surface area contributed by atoms with Crippen LogP contribution in [-0.2, 0) is 13.1 Å². The second-order valence-corrected chi connectivity index (χ2v) is 3.44. The van der Waals surface area contributed by atoms with Crippen molar-refractivity contribution < 1.29 is 4.42 Å². The highest BCUT2D eigenvalue weighted by molar-refractivity contribution is 5.14. The molecule has 0 aliphatic heterocycles. The predicted molar refractivity (Wildman–Crippen MR) is 58.2 cm³/mol. The summed E-state index contributed by atoms with van der Waals surface area (Å²) in [4.78, 5) is 4.12. The molecule has 0 spiro atoms. The van der Waals surface area contributed by atoms with Crippen LogP contribution < -0.4 is 5.32 Å². The van der Waals surface area contributed by atoms with Gasteiger partial charge in [0.05, 0.1) is 5.69 Å². The van der Waals surface area contributed by atoms with Gasteiger partial charge in [0.1, 0.15) is 5.76 Å². The Morgan fingerprint density at radius 1 is 1.20 bits per heavy atom. The normalized spacial score (nSPS) is 10.5. The maximum absolute atomic E-state index is 5.12. The molecular weight excluding hydrogens is 188 g/mol. The second-order valence-electron chi connectivity index (χ2n) is 3.44. The Bertz CT molecular complexity index is 409. The highest BCUT2D eigenvalue weighted by Crippen LogP contribution is 2.04. The van der Waals surface area contributed by atoms with E-state index in [1.807, 2.05) is 25.1 Å². The smallest absolute Gasteiger partial charge is 0.181 e. The van der Waals surface area contributed by atoms with E-state index in [0.29, 0.717) is 0 Å². The number of benzene rings is 1. The van der Waals surface area contributed by atoms with E-state index in [4.69, 9.17) is 4.42 Å². The first-order chi connectivity index (χ1) is 7.36. The Morgan fingerprint density at radius 2 is 2.00 bits per heavy atom. The fourth-order valence-electron chi connectivity index (χ4n) is 1.42. The van der Waals surface area contributed by atoms with E-state index >= 15 is 0 Å². The second kappa shape index (κ2) is 4.75. The lowest BCUT2D eigenvalue weighted by Gasteiger charge is -2.02. The van der Waals surface area contributed by atoms with Gasteiger partial charge in [-0.1, -0.05) is 30.3 Å². The molecule has 1 aromatic heterocycles. The number of hydrogen-bond acceptors (Lipinski definition) is 3. The largest absolute Gasteiger partial charge is 0.448 e. The molecule has 3 nitrogen and oxygen atoms in total. The highest BCUT2D eigenvalue weighted by Gasteiger charge is 2.01. The first kappa shape index (κ1) is 9.93. The summed E-state index contributed by atoms with van der Waals surface area (Å²) in [6.07, 6.45) is 1.48. The number of nitrogens with zero attached hydrogens (tertiary/aromatic N) is 1. The lowest BCUT2D eigenvalue weighted by molar-refractivity contribution is 0.522. The van der Waals surface area contributed by atoms with Gasteiger partial charge >= 0.3 is 0 Å². The van der Waals surface area contributed by atoms with Crippen LogP contribution in [0.5, 0.6) is 0 Å². The minimum Gasteiger partial charge on any atom is -0.448 e. The molecule has 2 aromatic rings. The molecule has 1 heterocycles. The molecule has 2 rings (SSSR count). The summed E-state index contributed by atoms with van der Waals surface area (Å²) in [6, 6.07) is 10.3. The molecule has 0 saturated carbocycles. The Hall–Kier alpha value is -1.61. The van der Waals surface area contributed by atoms with Crippen molar-refractivity contribution in [3.8, 4) is 0 Å². The van der Waals surface area contributed by atoms with Crippen LogP contribution in [0.1, 0.15) is 17.0 Å². The Morgan fingerprint density at radius 3 is 2.67 bits per heavy atom. The number of hydrogen-bond donors (Lipinski definition) is 1. The van der Waals surface area contributed by atoms with Crippen molar-refractivity contribution in [1.29, 1.82) is 0 Å². The number of oxazole rings is 1. The van der Waals surface area contributed by atoms with Gasteiger partial charge in [0.25, 0.3) is 0 Å². The Kier molecular flexibility index (Phi) is 3.15. The minimum absolute atomic E-state index is 0.747. The summed E-state index contributed by atoms with van der Waals surface area (Å²) in [6.45, 7) is 3.52. The molecule has 3 heteroatoms.